The highest BCUT2D eigenvalue weighted by molar-refractivity contribution is 7.98. The van der Waals surface area contributed by atoms with Crippen molar-refractivity contribution >= 4 is 23.4 Å². The third-order valence-corrected chi connectivity index (χ3v) is 4.41. The van der Waals surface area contributed by atoms with Crippen molar-refractivity contribution in [1.82, 2.24) is 5.32 Å². The summed E-state index contributed by atoms with van der Waals surface area (Å²) in [4.78, 5) is 0. The fourth-order valence-corrected chi connectivity index (χ4v) is 2.89. The molecular weight excluding hydrogens is 286 g/mol. The lowest BCUT2D eigenvalue weighted by Gasteiger charge is -2.25. The lowest BCUT2D eigenvalue weighted by molar-refractivity contribution is 0.355. The molecule has 1 atom stereocenters. The maximum atomic E-state index is 6.30. The number of nitrogens with one attached hydrogen (secondary N) is 1. The molecule has 1 N–H and O–H groups in total. The second-order valence-corrected chi connectivity index (χ2v) is 7.82. The molecule has 3 heteroatoms. The average Bonchev–Trinajstić information content (AvgIpc) is 2.37. The van der Waals surface area contributed by atoms with E-state index in [4.69, 9.17) is 11.6 Å². The van der Waals surface area contributed by atoms with E-state index in [9.17, 15) is 0 Å². The van der Waals surface area contributed by atoms with Crippen LogP contribution in [-0.2, 0) is 6.42 Å². The molecule has 0 radical (unpaired) electrons. The number of halogens is 1. The molecule has 0 spiro atoms. The van der Waals surface area contributed by atoms with Crippen LogP contribution in [0.4, 0.5) is 0 Å². The van der Waals surface area contributed by atoms with Crippen LogP contribution in [0.2, 0.25) is 5.02 Å². The summed E-state index contributed by atoms with van der Waals surface area (Å²) in [6, 6.07) is 8.23. The SMILES string of the molecule is CSCCCC(CNC(C)(C)C)Cc1ccccc1Cl. The molecule has 1 nitrogen and oxygen atoms in total. The van der Waals surface area contributed by atoms with Crippen LogP contribution in [0.5, 0.6) is 0 Å². The summed E-state index contributed by atoms with van der Waals surface area (Å²) in [6.07, 6.45) is 5.78. The Hall–Kier alpha value is -0.180. The number of hydrogen-bond acceptors (Lipinski definition) is 2. The fraction of sp³-hybridized carbons (Fsp3) is 0.647. The molecule has 0 fully saturated rings. The predicted molar refractivity (Wildman–Crippen MR) is 94.0 cm³/mol. The summed E-state index contributed by atoms with van der Waals surface area (Å²) in [6.45, 7) is 7.73. The van der Waals surface area contributed by atoms with Gasteiger partial charge in [-0.1, -0.05) is 29.8 Å². The molecule has 0 aromatic heterocycles. The van der Waals surface area contributed by atoms with Crippen LogP contribution < -0.4 is 5.32 Å². The Morgan fingerprint density at radius 2 is 1.95 bits per heavy atom. The maximum absolute atomic E-state index is 6.30. The van der Waals surface area contributed by atoms with Gasteiger partial charge in [-0.3, -0.25) is 0 Å². The highest BCUT2D eigenvalue weighted by atomic mass is 35.5. The zero-order valence-corrected chi connectivity index (χ0v) is 14.8. The van der Waals surface area contributed by atoms with Crippen molar-refractivity contribution in [2.45, 2.75) is 45.6 Å². The summed E-state index contributed by atoms with van der Waals surface area (Å²) in [7, 11) is 0. The minimum atomic E-state index is 0.179. The molecule has 0 aliphatic carbocycles. The molecular formula is C17H28ClNS. The summed E-state index contributed by atoms with van der Waals surface area (Å²) < 4.78 is 0. The van der Waals surface area contributed by atoms with Crippen LogP contribution >= 0.6 is 23.4 Å². The lowest BCUT2D eigenvalue weighted by atomic mass is 9.94. The number of rotatable bonds is 8. The third kappa shape index (κ3) is 7.56. The van der Waals surface area contributed by atoms with E-state index in [1.54, 1.807) is 0 Å². The van der Waals surface area contributed by atoms with Crippen molar-refractivity contribution in [1.29, 1.82) is 0 Å². The van der Waals surface area contributed by atoms with E-state index in [2.05, 4.69) is 44.5 Å². The molecule has 0 saturated heterocycles. The van der Waals surface area contributed by atoms with Gasteiger partial charge in [0.25, 0.3) is 0 Å². The van der Waals surface area contributed by atoms with E-state index in [-0.39, 0.29) is 5.54 Å². The van der Waals surface area contributed by atoms with Crippen LogP contribution in [-0.4, -0.2) is 24.1 Å². The molecule has 0 amide bonds. The van der Waals surface area contributed by atoms with Crippen molar-refractivity contribution < 1.29 is 0 Å². The van der Waals surface area contributed by atoms with Gasteiger partial charge in [0.15, 0.2) is 0 Å². The van der Waals surface area contributed by atoms with E-state index in [1.807, 2.05) is 23.9 Å². The van der Waals surface area contributed by atoms with E-state index < -0.39 is 0 Å². The Balaban J connectivity index is 2.59. The van der Waals surface area contributed by atoms with Gasteiger partial charge in [-0.15, -0.1) is 0 Å². The van der Waals surface area contributed by atoms with Crippen LogP contribution in [0.1, 0.15) is 39.2 Å². The summed E-state index contributed by atoms with van der Waals surface area (Å²) in [5.74, 6) is 1.90. The first-order valence-electron chi connectivity index (χ1n) is 7.40. The number of thioether (sulfide) groups is 1. The zero-order valence-electron chi connectivity index (χ0n) is 13.2. The summed E-state index contributed by atoms with van der Waals surface area (Å²) in [5, 5.41) is 4.54. The van der Waals surface area contributed by atoms with Gasteiger partial charge in [0.05, 0.1) is 0 Å². The number of hydrogen-bond donors (Lipinski definition) is 1. The van der Waals surface area contributed by atoms with Crippen molar-refractivity contribution in [3.05, 3.63) is 34.9 Å². The van der Waals surface area contributed by atoms with Gasteiger partial charge in [0.2, 0.25) is 0 Å². The largest absolute Gasteiger partial charge is 0.312 e. The average molecular weight is 314 g/mol. The molecule has 20 heavy (non-hydrogen) atoms. The molecule has 114 valence electrons. The topological polar surface area (TPSA) is 12.0 Å². The summed E-state index contributed by atoms with van der Waals surface area (Å²) >= 11 is 8.23. The van der Waals surface area contributed by atoms with Gasteiger partial charge in [-0.05, 0) is 76.1 Å². The zero-order chi connectivity index (χ0) is 15.0. The maximum Gasteiger partial charge on any atom is 0.0438 e. The van der Waals surface area contributed by atoms with Crippen LogP contribution in [0.15, 0.2) is 24.3 Å². The van der Waals surface area contributed by atoms with Gasteiger partial charge >= 0.3 is 0 Å². The first kappa shape index (κ1) is 17.9. The van der Waals surface area contributed by atoms with Gasteiger partial charge in [-0.2, -0.15) is 11.8 Å². The Bertz CT molecular complexity index is 387. The molecule has 0 bridgehead atoms. The van der Waals surface area contributed by atoms with Gasteiger partial charge < -0.3 is 5.32 Å². The second kappa shape index (κ2) is 8.96. The summed E-state index contributed by atoms with van der Waals surface area (Å²) in [5.41, 5.74) is 1.46. The van der Waals surface area contributed by atoms with Crippen molar-refractivity contribution in [3.63, 3.8) is 0 Å². The van der Waals surface area contributed by atoms with Crippen molar-refractivity contribution in [3.8, 4) is 0 Å². The fourth-order valence-electron chi connectivity index (χ4n) is 2.22. The van der Waals surface area contributed by atoms with Gasteiger partial charge in [-0.25, -0.2) is 0 Å². The molecule has 0 aliphatic heterocycles. The van der Waals surface area contributed by atoms with E-state index >= 15 is 0 Å². The van der Waals surface area contributed by atoms with Crippen LogP contribution in [0.3, 0.4) is 0 Å². The Kier molecular flexibility index (Phi) is 8.01. The standard InChI is InChI=1S/C17H28ClNS/c1-17(2,3)19-13-14(8-7-11-20-4)12-15-9-5-6-10-16(15)18/h5-6,9-10,14,19H,7-8,11-13H2,1-4H3. The minimum Gasteiger partial charge on any atom is -0.312 e. The second-order valence-electron chi connectivity index (χ2n) is 6.43. The highest BCUT2D eigenvalue weighted by Gasteiger charge is 2.15. The normalized spacial score (nSPS) is 13.4. The monoisotopic (exact) mass is 313 g/mol. The molecule has 1 aromatic rings. The molecule has 1 aromatic carbocycles. The number of benzene rings is 1. The molecule has 0 saturated carbocycles. The third-order valence-electron chi connectivity index (χ3n) is 3.35. The van der Waals surface area contributed by atoms with Crippen LogP contribution in [0, 0.1) is 5.92 Å². The lowest BCUT2D eigenvalue weighted by Crippen LogP contribution is -2.39. The van der Waals surface area contributed by atoms with E-state index in [1.165, 1.54) is 24.2 Å². The Morgan fingerprint density at radius 3 is 2.55 bits per heavy atom. The minimum absolute atomic E-state index is 0.179. The Morgan fingerprint density at radius 1 is 1.25 bits per heavy atom. The first-order valence-corrected chi connectivity index (χ1v) is 9.17. The van der Waals surface area contributed by atoms with E-state index in [0.717, 1.165) is 18.0 Å². The van der Waals surface area contributed by atoms with Gasteiger partial charge in [0, 0.05) is 10.6 Å². The molecule has 1 unspecified atom stereocenters. The van der Waals surface area contributed by atoms with E-state index in [0.29, 0.717) is 5.92 Å². The van der Waals surface area contributed by atoms with Crippen LogP contribution in [0.25, 0.3) is 0 Å². The van der Waals surface area contributed by atoms with Crippen molar-refractivity contribution in [2.75, 3.05) is 18.6 Å². The van der Waals surface area contributed by atoms with Gasteiger partial charge in [0.1, 0.15) is 0 Å². The molecule has 0 aliphatic rings. The first-order chi connectivity index (χ1) is 9.42. The molecule has 0 heterocycles. The van der Waals surface area contributed by atoms with Crippen molar-refractivity contribution in [2.24, 2.45) is 5.92 Å². The Labute approximate surface area is 133 Å². The quantitative estimate of drug-likeness (QED) is 0.675. The molecule has 1 rings (SSSR count). The predicted octanol–water partition coefficient (Wildman–Crippen LogP) is 5.03. The smallest absolute Gasteiger partial charge is 0.0438 e. The highest BCUT2D eigenvalue weighted by Crippen LogP contribution is 2.22.